The first-order valence-electron chi connectivity index (χ1n) is 7.75. The van der Waals surface area contributed by atoms with E-state index in [4.69, 9.17) is 0 Å². The number of unbranched alkanes of at least 4 members (excludes halogenated alkanes) is 1. The molecule has 0 unspecified atom stereocenters. The van der Waals surface area contributed by atoms with Crippen molar-refractivity contribution in [2.24, 2.45) is 0 Å². The molecule has 2 rings (SSSR count). The fourth-order valence-corrected chi connectivity index (χ4v) is 3.06. The lowest BCUT2D eigenvalue weighted by Gasteiger charge is -2.36. The van der Waals surface area contributed by atoms with Gasteiger partial charge in [0.05, 0.1) is 0 Å². The molecule has 1 aromatic rings. The molecule has 1 saturated heterocycles. The van der Waals surface area contributed by atoms with Gasteiger partial charge in [-0.05, 0) is 37.0 Å². The molecule has 19 heavy (non-hydrogen) atoms. The number of hydrogen-bond acceptors (Lipinski definition) is 2. The summed E-state index contributed by atoms with van der Waals surface area (Å²) in [5.74, 6) is 0. The molecule has 2 nitrogen and oxygen atoms in total. The lowest BCUT2D eigenvalue weighted by molar-refractivity contribution is 0.162. The van der Waals surface area contributed by atoms with Crippen LogP contribution in [-0.4, -0.2) is 31.1 Å². The van der Waals surface area contributed by atoms with E-state index in [1.54, 1.807) is 5.56 Å². The lowest BCUT2D eigenvalue weighted by atomic mass is 9.92. The Kier molecular flexibility index (Phi) is 5.41. The summed E-state index contributed by atoms with van der Waals surface area (Å²) in [5, 5.41) is 3.46. The number of nitrogens with one attached hydrogen (secondary N) is 1. The molecule has 1 heterocycles. The highest BCUT2D eigenvalue weighted by Gasteiger charge is 2.23. The topological polar surface area (TPSA) is 15.3 Å². The van der Waals surface area contributed by atoms with E-state index in [2.05, 4.69) is 49.2 Å². The van der Waals surface area contributed by atoms with Gasteiger partial charge < -0.3 is 5.32 Å². The minimum atomic E-state index is 0.613. The third kappa shape index (κ3) is 3.58. The summed E-state index contributed by atoms with van der Waals surface area (Å²) < 4.78 is 0. The second kappa shape index (κ2) is 7.06. The Balaban J connectivity index is 2.22. The van der Waals surface area contributed by atoms with Gasteiger partial charge in [0.1, 0.15) is 0 Å². The molecule has 0 bridgehead atoms. The van der Waals surface area contributed by atoms with E-state index in [9.17, 15) is 0 Å². The quantitative estimate of drug-likeness (QED) is 0.872. The zero-order valence-corrected chi connectivity index (χ0v) is 12.7. The molecule has 0 spiro atoms. The monoisotopic (exact) mass is 260 g/mol. The van der Waals surface area contributed by atoms with Gasteiger partial charge in [-0.2, -0.15) is 0 Å². The van der Waals surface area contributed by atoms with Crippen molar-refractivity contribution in [1.82, 2.24) is 10.2 Å². The maximum absolute atomic E-state index is 3.46. The Hall–Kier alpha value is -0.860. The number of benzene rings is 1. The molecule has 106 valence electrons. The first kappa shape index (κ1) is 14.5. The van der Waals surface area contributed by atoms with Crippen molar-refractivity contribution in [1.29, 1.82) is 0 Å². The Bertz CT molecular complexity index is 394. The zero-order chi connectivity index (χ0) is 13.7. The Morgan fingerprint density at radius 2 is 1.95 bits per heavy atom. The molecule has 1 aliphatic heterocycles. The zero-order valence-electron chi connectivity index (χ0n) is 12.7. The van der Waals surface area contributed by atoms with E-state index >= 15 is 0 Å². The maximum atomic E-state index is 3.46. The van der Waals surface area contributed by atoms with Crippen LogP contribution in [0.2, 0.25) is 0 Å². The molecule has 1 atom stereocenters. The van der Waals surface area contributed by atoms with Gasteiger partial charge in [-0.1, -0.05) is 38.0 Å². The summed E-state index contributed by atoms with van der Waals surface area (Å²) in [7, 11) is 0. The van der Waals surface area contributed by atoms with Crippen molar-refractivity contribution in [3.8, 4) is 0 Å². The number of piperazine rings is 1. The van der Waals surface area contributed by atoms with Crippen LogP contribution in [0.5, 0.6) is 0 Å². The SMILES string of the molecule is CCCC[C@H](c1cccc(C)c1C)N1CCNCC1. The summed E-state index contributed by atoms with van der Waals surface area (Å²) in [5.41, 5.74) is 4.46. The summed E-state index contributed by atoms with van der Waals surface area (Å²) >= 11 is 0. The Morgan fingerprint density at radius 1 is 1.21 bits per heavy atom. The van der Waals surface area contributed by atoms with E-state index in [1.165, 1.54) is 43.5 Å². The standard InChI is InChI=1S/C17H28N2/c1-4-5-9-17(19-12-10-18-11-13-19)16-8-6-7-14(2)15(16)3/h6-8,17-18H,4-5,9-13H2,1-3H3/t17-/m1/s1. The lowest BCUT2D eigenvalue weighted by Crippen LogP contribution is -2.45. The van der Waals surface area contributed by atoms with Gasteiger partial charge in [0.15, 0.2) is 0 Å². The minimum Gasteiger partial charge on any atom is -0.314 e. The smallest absolute Gasteiger partial charge is 0.0351 e. The Labute approximate surface area is 118 Å². The van der Waals surface area contributed by atoms with Crippen LogP contribution in [0.3, 0.4) is 0 Å². The number of hydrogen-bond donors (Lipinski definition) is 1. The van der Waals surface area contributed by atoms with Crippen molar-refractivity contribution in [3.05, 3.63) is 34.9 Å². The minimum absolute atomic E-state index is 0.613. The van der Waals surface area contributed by atoms with Gasteiger partial charge in [-0.3, -0.25) is 4.90 Å². The molecule has 1 fully saturated rings. The largest absolute Gasteiger partial charge is 0.314 e. The van der Waals surface area contributed by atoms with E-state index in [0.717, 1.165) is 13.1 Å². The number of aryl methyl sites for hydroxylation is 1. The molecule has 0 amide bonds. The average Bonchev–Trinajstić information content (AvgIpc) is 2.45. The van der Waals surface area contributed by atoms with Gasteiger partial charge in [0.25, 0.3) is 0 Å². The number of rotatable bonds is 5. The predicted octanol–water partition coefficient (Wildman–Crippen LogP) is 3.44. The van der Waals surface area contributed by atoms with Crippen molar-refractivity contribution in [2.75, 3.05) is 26.2 Å². The third-order valence-electron chi connectivity index (χ3n) is 4.43. The van der Waals surface area contributed by atoms with Crippen LogP contribution in [0.1, 0.15) is 48.9 Å². The molecular formula is C17H28N2. The van der Waals surface area contributed by atoms with Gasteiger partial charge >= 0.3 is 0 Å². The van der Waals surface area contributed by atoms with E-state index in [1.807, 2.05) is 0 Å². The first-order valence-corrected chi connectivity index (χ1v) is 7.75. The van der Waals surface area contributed by atoms with Gasteiger partial charge in [-0.25, -0.2) is 0 Å². The first-order chi connectivity index (χ1) is 9.24. The van der Waals surface area contributed by atoms with Gasteiger partial charge in [0, 0.05) is 32.2 Å². The summed E-state index contributed by atoms with van der Waals surface area (Å²) in [4.78, 5) is 2.67. The van der Waals surface area contributed by atoms with Crippen LogP contribution < -0.4 is 5.32 Å². The molecule has 1 N–H and O–H groups in total. The molecule has 2 heteroatoms. The van der Waals surface area contributed by atoms with Crippen LogP contribution in [0.15, 0.2) is 18.2 Å². The second-order valence-electron chi connectivity index (χ2n) is 5.73. The van der Waals surface area contributed by atoms with E-state index in [-0.39, 0.29) is 0 Å². The van der Waals surface area contributed by atoms with Crippen molar-refractivity contribution < 1.29 is 0 Å². The van der Waals surface area contributed by atoms with Crippen molar-refractivity contribution >= 4 is 0 Å². The molecule has 1 aromatic carbocycles. The summed E-state index contributed by atoms with van der Waals surface area (Å²) in [6, 6.07) is 7.40. The van der Waals surface area contributed by atoms with Crippen LogP contribution in [0.25, 0.3) is 0 Å². The average molecular weight is 260 g/mol. The second-order valence-corrected chi connectivity index (χ2v) is 5.73. The van der Waals surface area contributed by atoms with Crippen LogP contribution in [0, 0.1) is 13.8 Å². The van der Waals surface area contributed by atoms with Gasteiger partial charge in [-0.15, -0.1) is 0 Å². The molecule has 0 saturated carbocycles. The predicted molar refractivity (Wildman–Crippen MR) is 82.6 cm³/mol. The normalized spacial score (nSPS) is 18.5. The maximum Gasteiger partial charge on any atom is 0.0351 e. The van der Waals surface area contributed by atoms with E-state index in [0.29, 0.717) is 6.04 Å². The van der Waals surface area contributed by atoms with Gasteiger partial charge in [0.2, 0.25) is 0 Å². The highest BCUT2D eigenvalue weighted by atomic mass is 15.2. The summed E-state index contributed by atoms with van der Waals surface area (Å²) in [6.45, 7) is 11.4. The molecule has 1 aliphatic rings. The van der Waals surface area contributed by atoms with Crippen molar-refractivity contribution in [3.63, 3.8) is 0 Å². The highest BCUT2D eigenvalue weighted by molar-refractivity contribution is 5.35. The fourth-order valence-electron chi connectivity index (χ4n) is 3.06. The number of nitrogens with zero attached hydrogens (tertiary/aromatic N) is 1. The molecule has 0 aliphatic carbocycles. The fraction of sp³-hybridized carbons (Fsp3) is 0.647. The summed E-state index contributed by atoms with van der Waals surface area (Å²) in [6.07, 6.45) is 3.90. The molecule has 0 radical (unpaired) electrons. The van der Waals surface area contributed by atoms with Crippen molar-refractivity contribution in [2.45, 2.75) is 46.1 Å². The molecule has 0 aromatic heterocycles. The highest BCUT2D eigenvalue weighted by Crippen LogP contribution is 2.30. The van der Waals surface area contributed by atoms with E-state index < -0.39 is 0 Å². The Morgan fingerprint density at radius 3 is 2.63 bits per heavy atom. The molecular weight excluding hydrogens is 232 g/mol. The van der Waals surface area contributed by atoms with Crippen LogP contribution in [0.4, 0.5) is 0 Å². The van der Waals surface area contributed by atoms with Crippen LogP contribution >= 0.6 is 0 Å². The third-order valence-corrected chi connectivity index (χ3v) is 4.43. The van der Waals surface area contributed by atoms with Crippen LogP contribution in [-0.2, 0) is 0 Å².